The van der Waals surface area contributed by atoms with Crippen LogP contribution in [0.1, 0.15) is 46.5 Å². The average Bonchev–Trinajstić information content (AvgIpc) is 2.31. The zero-order valence-electron chi connectivity index (χ0n) is 12.6. The summed E-state index contributed by atoms with van der Waals surface area (Å²) >= 11 is 0. The topological polar surface area (TPSA) is 69.6 Å². The van der Waals surface area contributed by atoms with E-state index in [1.165, 1.54) is 0 Å². The van der Waals surface area contributed by atoms with E-state index in [2.05, 4.69) is 26.1 Å². The number of amides is 2. The first kappa shape index (κ1) is 17.7. The number of carboxylic acid groups (broad SMARTS) is 1. The molecular formula is C14H28N2O3. The Bertz CT molecular complexity index is 280. The van der Waals surface area contributed by atoms with Crippen molar-refractivity contribution in [3.8, 4) is 0 Å². The normalized spacial score (nSPS) is 12.3. The minimum atomic E-state index is -0.806. The van der Waals surface area contributed by atoms with Crippen molar-refractivity contribution in [1.29, 1.82) is 0 Å². The smallest absolute Gasteiger partial charge is 0.317 e. The predicted molar refractivity (Wildman–Crippen MR) is 76.1 cm³/mol. The summed E-state index contributed by atoms with van der Waals surface area (Å²) in [5.41, 5.74) is 0. The molecule has 0 fully saturated rings. The van der Waals surface area contributed by atoms with Crippen molar-refractivity contribution < 1.29 is 14.7 Å². The van der Waals surface area contributed by atoms with Gasteiger partial charge in [0.15, 0.2) is 0 Å². The summed E-state index contributed by atoms with van der Waals surface area (Å²) in [5.74, 6) is -0.376. The van der Waals surface area contributed by atoms with Crippen molar-refractivity contribution >= 4 is 12.0 Å². The monoisotopic (exact) mass is 272 g/mol. The molecule has 1 unspecified atom stereocenters. The van der Waals surface area contributed by atoms with E-state index in [1.807, 2.05) is 0 Å². The van der Waals surface area contributed by atoms with E-state index >= 15 is 0 Å². The number of nitrogens with one attached hydrogen (secondary N) is 1. The van der Waals surface area contributed by atoms with Gasteiger partial charge in [0.25, 0.3) is 0 Å². The third-order valence-corrected chi connectivity index (χ3v) is 3.00. The Hall–Kier alpha value is -1.26. The molecule has 19 heavy (non-hydrogen) atoms. The number of urea groups is 1. The molecular weight excluding hydrogens is 244 g/mol. The maximum Gasteiger partial charge on any atom is 0.317 e. The SMILES string of the molecule is CCCCN(C)C(=O)NCC(CC(=O)O)CC(C)C. The maximum absolute atomic E-state index is 11.8. The van der Waals surface area contributed by atoms with Gasteiger partial charge in [0.2, 0.25) is 0 Å². The lowest BCUT2D eigenvalue weighted by Crippen LogP contribution is -2.40. The Labute approximate surface area is 116 Å². The Morgan fingerprint density at radius 2 is 1.95 bits per heavy atom. The summed E-state index contributed by atoms with van der Waals surface area (Å²) in [6.07, 6.45) is 2.95. The van der Waals surface area contributed by atoms with Gasteiger partial charge < -0.3 is 15.3 Å². The molecule has 1 atom stereocenters. The quantitative estimate of drug-likeness (QED) is 0.677. The van der Waals surface area contributed by atoms with Gasteiger partial charge in [-0.3, -0.25) is 4.79 Å². The molecule has 0 spiro atoms. The highest BCUT2D eigenvalue weighted by Gasteiger charge is 2.17. The number of hydrogen-bond acceptors (Lipinski definition) is 2. The van der Waals surface area contributed by atoms with Gasteiger partial charge in [0, 0.05) is 26.6 Å². The molecule has 0 aromatic rings. The Morgan fingerprint density at radius 1 is 1.32 bits per heavy atom. The van der Waals surface area contributed by atoms with Crippen LogP contribution in [0.25, 0.3) is 0 Å². The van der Waals surface area contributed by atoms with Crippen LogP contribution in [0.3, 0.4) is 0 Å². The molecule has 0 aliphatic rings. The second kappa shape index (κ2) is 9.64. The molecule has 0 rings (SSSR count). The molecule has 2 N–H and O–H groups in total. The first-order chi connectivity index (χ1) is 8.86. The van der Waals surface area contributed by atoms with Crippen LogP contribution in [0, 0.1) is 11.8 Å². The zero-order valence-corrected chi connectivity index (χ0v) is 12.6. The number of aliphatic carboxylic acids is 1. The van der Waals surface area contributed by atoms with Crippen molar-refractivity contribution in [2.75, 3.05) is 20.1 Å². The highest BCUT2D eigenvalue weighted by Crippen LogP contribution is 2.14. The fourth-order valence-corrected chi connectivity index (χ4v) is 2.02. The van der Waals surface area contributed by atoms with E-state index in [0.717, 1.165) is 25.8 Å². The Balaban J connectivity index is 4.14. The zero-order chi connectivity index (χ0) is 14.8. The molecule has 0 aromatic carbocycles. The van der Waals surface area contributed by atoms with Gasteiger partial charge in [0.05, 0.1) is 0 Å². The van der Waals surface area contributed by atoms with Crippen molar-refractivity contribution in [3.63, 3.8) is 0 Å². The Kier molecular flexibility index (Phi) is 9.00. The molecule has 0 saturated heterocycles. The maximum atomic E-state index is 11.8. The van der Waals surface area contributed by atoms with E-state index in [0.29, 0.717) is 12.5 Å². The molecule has 5 nitrogen and oxygen atoms in total. The summed E-state index contributed by atoms with van der Waals surface area (Å²) in [7, 11) is 1.76. The fourth-order valence-electron chi connectivity index (χ4n) is 2.02. The van der Waals surface area contributed by atoms with E-state index < -0.39 is 5.97 Å². The molecule has 0 aromatic heterocycles. The minimum absolute atomic E-state index is 0.000949. The van der Waals surface area contributed by atoms with Crippen molar-refractivity contribution in [2.24, 2.45) is 11.8 Å². The number of hydrogen-bond donors (Lipinski definition) is 2. The highest BCUT2D eigenvalue weighted by molar-refractivity contribution is 5.74. The lowest BCUT2D eigenvalue weighted by molar-refractivity contribution is -0.138. The first-order valence-corrected chi connectivity index (χ1v) is 7.07. The van der Waals surface area contributed by atoms with Crippen LogP contribution in [0.5, 0.6) is 0 Å². The number of unbranched alkanes of at least 4 members (excludes halogenated alkanes) is 1. The highest BCUT2D eigenvalue weighted by atomic mass is 16.4. The summed E-state index contributed by atoms with van der Waals surface area (Å²) in [4.78, 5) is 24.2. The molecule has 0 aliphatic heterocycles. The third-order valence-electron chi connectivity index (χ3n) is 3.00. The predicted octanol–water partition coefficient (Wildman–Crippen LogP) is 2.56. The largest absolute Gasteiger partial charge is 0.481 e. The van der Waals surface area contributed by atoms with Gasteiger partial charge >= 0.3 is 12.0 Å². The fraction of sp³-hybridized carbons (Fsp3) is 0.857. The van der Waals surface area contributed by atoms with Crippen LogP contribution in [-0.2, 0) is 4.79 Å². The van der Waals surface area contributed by atoms with Crippen LogP contribution < -0.4 is 5.32 Å². The number of nitrogens with zero attached hydrogens (tertiary/aromatic N) is 1. The van der Waals surface area contributed by atoms with Crippen LogP contribution in [0.2, 0.25) is 0 Å². The van der Waals surface area contributed by atoms with Gasteiger partial charge in [-0.1, -0.05) is 27.2 Å². The van der Waals surface area contributed by atoms with E-state index in [1.54, 1.807) is 11.9 Å². The molecule has 112 valence electrons. The van der Waals surface area contributed by atoms with Crippen LogP contribution in [-0.4, -0.2) is 42.1 Å². The molecule has 0 heterocycles. The number of rotatable bonds is 9. The first-order valence-electron chi connectivity index (χ1n) is 7.07. The second-order valence-electron chi connectivity index (χ2n) is 5.55. The van der Waals surface area contributed by atoms with Gasteiger partial charge in [-0.05, 0) is 24.7 Å². The van der Waals surface area contributed by atoms with Gasteiger partial charge in [-0.25, -0.2) is 4.79 Å². The van der Waals surface area contributed by atoms with Gasteiger partial charge in [-0.2, -0.15) is 0 Å². The minimum Gasteiger partial charge on any atom is -0.481 e. The summed E-state index contributed by atoms with van der Waals surface area (Å²) < 4.78 is 0. The lowest BCUT2D eigenvalue weighted by atomic mass is 9.94. The van der Waals surface area contributed by atoms with E-state index in [4.69, 9.17) is 5.11 Å². The molecule has 0 aliphatic carbocycles. The van der Waals surface area contributed by atoms with Gasteiger partial charge in [-0.15, -0.1) is 0 Å². The summed E-state index contributed by atoms with van der Waals surface area (Å²) in [6, 6.07) is -0.118. The van der Waals surface area contributed by atoms with Crippen LogP contribution in [0.4, 0.5) is 4.79 Å². The van der Waals surface area contributed by atoms with Crippen LogP contribution >= 0.6 is 0 Å². The molecule has 0 bridgehead atoms. The van der Waals surface area contributed by atoms with Crippen molar-refractivity contribution in [1.82, 2.24) is 10.2 Å². The molecule has 0 saturated carbocycles. The average molecular weight is 272 g/mol. The molecule has 5 heteroatoms. The number of carbonyl (C=O) groups excluding carboxylic acids is 1. The lowest BCUT2D eigenvalue weighted by Gasteiger charge is -2.21. The third kappa shape index (κ3) is 9.33. The standard InChI is InChI=1S/C14H28N2O3/c1-5-6-7-16(4)14(19)15-10-12(8-11(2)3)9-13(17)18/h11-12H,5-10H2,1-4H3,(H,15,19)(H,17,18). The number of carbonyl (C=O) groups is 2. The van der Waals surface area contributed by atoms with Crippen molar-refractivity contribution in [3.05, 3.63) is 0 Å². The molecule has 2 amide bonds. The molecule has 0 radical (unpaired) electrons. The Morgan fingerprint density at radius 3 is 2.42 bits per heavy atom. The van der Waals surface area contributed by atoms with E-state index in [-0.39, 0.29) is 18.4 Å². The summed E-state index contributed by atoms with van der Waals surface area (Å²) in [6.45, 7) is 7.36. The van der Waals surface area contributed by atoms with Crippen molar-refractivity contribution in [2.45, 2.75) is 46.5 Å². The van der Waals surface area contributed by atoms with E-state index in [9.17, 15) is 9.59 Å². The number of carboxylic acids is 1. The second-order valence-corrected chi connectivity index (χ2v) is 5.55. The van der Waals surface area contributed by atoms with Gasteiger partial charge in [0.1, 0.15) is 0 Å². The van der Waals surface area contributed by atoms with Crippen LogP contribution in [0.15, 0.2) is 0 Å². The summed E-state index contributed by atoms with van der Waals surface area (Å²) in [5, 5.41) is 11.7.